The number of nitroso groups, excluding NO2 is 1. The molecule has 2 aromatic carbocycles. The molecule has 1 saturated carbocycles. The fourth-order valence-electron chi connectivity index (χ4n) is 7.13. The second-order valence-electron chi connectivity index (χ2n) is 12.4. The van der Waals surface area contributed by atoms with E-state index < -0.39 is 36.8 Å². The number of benzene rings is 2. The molecule has 1 aliphatic heterocycles. The van der Waals surface area contributed by atoms with Crippen LogP contribution in [0.1, 0.15) is 44.1 Å². The monoisotopic (exact) mass is 623 g/mol. The van der Waals surface area contributed by atoms with Gasteiger partial charge in [-0.3, -0.25) is 9.59 Å². The summed E-state index contributed by atoms with van der Waals surface area (Å²) in [6.45, 7) is 0. The van der Waals surface area contributed by atoms with Crippen LogP contribution in [0.4, 0.5) is 0 Å². The normalized spacial score (nSPS) is 33.3. The Morgan fingerprint density at radius 2 is 1.82 bits per heavy atom. The number of hydrogen-bond donors (Lipinski definition) is 4. The van der Waals surface area contributed by atoms with Crippen LogP contribution in [-0.2, 0) is 25.5 Å². The molecule has 5 rings (SSSR count). The molecule has 2 fully saturated rings. The fourth-order valence-corrected chi connectivity index (χ4v) is 7.13. The van der Waals surface area contributed by atoms with Gasteiger partial charge in [0.25, 0.3) is 0 Å². The summed E-state index contributed by atoms with van der Waals surface area (Å²) in [5.74, 6) is -0.0391. The minimum absolute atomic E-state index is 0.0285. The zero-order valence-corrected chi connectivity index (χ0v) is 25.2. The molecule has 0 spiro atoms. The number of carbonyl (C=O) groups excluding carboxylic acids is 1. The molecule has 10 unspecified atom stereocenters. The molecule has 242 valence electrons. The SMILES string of the molecule is COC1CCC(C(=O)Cc2cccc(-c3ccccc3OC3OC(O)C(O)C(N=O)C3O)c2)CC1C1C=CCC(CC(=O)O)C1. The summed E-state index contributed by atoms with van der Waals surface area (Å²) in [5, 5.41) is 42.4. The number of nitrogens with zero attached hydrogens (tertiary/aromatic N) is 1. The number of aliphatic carboxylic acids is 1. The largest absolute Gasteiger partial charge is 0.481 e. The number of Topliss-reactive ketones (excluding diaryl/α,β-unsaturated/α-hetero) is 1. The van der Waals surface area contributed by atoms with Crippen molar-refractivity contribution in [2.75, 3.05) is 7.11 Å². The number of aliphatic hydroxyl groups excluding tert-OH is 3. The number of carbonyl (C=O) groups is 2. The molecular weight excluding hydrogens is 582 g/mol. The molecule has 0 radical (unpaired) electrons. The van der Waals surface area contributed by atoms with Gasteiger partial charge in [0.05, 0.1) is 6.10 Å². The molecule has 0 aromatic heterocycles. The number of ether oxygens (including phenoxy) is 3. The average molecular weight is 624 g/mol. The Hall–Kier alpha value is -3.48. The number of ketones is 1. The predicted octanol–water partition coefficient (Wildman–Crippen LogP) is 3.86. The second kappa shape index (κ2) is 14.7. The number of carboxylic acids is 1. The Bertz CT molecular complexity index is 1380. The van der Waals surface area contributed by atoms with Gasteiger partial charge in [0.15, 0.2) is 12.3 Å². The van der Waals surface area contributed by atoms with Crippen LogP contribution in [0.2, 0.25) is 0 Å². The summed E-state index contributed by atoms with van der Waals surface area (Å²) >= 11 is 0. The maximum absolute atomic E-state index is 13.6. The third-order valence-corrected chi connectivity index (χ3v) is 9.48. The number of methoxy groups -OCH3 is 1. The summed E-state index contributed by atoms with van der Waals surface area (Å²) in [6, 6.07) is 13.0. The second-order valence-corrected chi connectivity index (χ2v) is 12.4. The van der Waals surface area contributed by atoms with Crippen molar-refractivity contribution >= 4 is 11.8 Å². The third-order valence-electron chi connectivity index (χ3n) is 9.48. The third kappa shape index (κ3) is 7.67. The van der Waals surface area contributed by atoms with Crippen molar-refractivity contribution in [3.8, 4) is 16.9 Å². The van der Waals surface area contributed by atoms with Crippen LogP contribution in [0.5, 0.6) is 5.75 Å². The molecule has 2 aromatic rings. The average Bonchev–Trinajstić information content (AvgIpc) is 3.04. The first-order chi connectivity index (χ1) is 21.7. The number of aliphatic hydroxyl groups is 3. The lowest BCUT2D eigenvalue weighted by Gasteiger charge is -2.40. The highest BCUT2D eigenvalue weighted by atomic mass is 16.7. The Labute approximate surface area is 261 Å². The Kier molecular flexibility index (Phi) is 10.8. The lowest BCUT2D eigenvalue weighted by atomic mass is 9.67. The topological polar surface area (TPSA) is 172 Å². The van der Waals surface area contributed by atoms with Crippen LogP contribution < -0.4 is 4.74 Å². The van der Waals surface area contributed by atoms with Gasteiger partial charge in [-0.1, -0.05) is 59.8 Å². The van der Waals surface area contributed by atoms with E-state index >= 15 is 0 Å². The highest BCUT2D eigenvalue weighted by Crippen LogP contribution is 2.42. The van der Waals surface area contributed by atoms with Crippen LogP contribution in [0.25, 0.3) is 11.1 Å². The first kappa shape index (κ1) is 32.9. The van der Waals surface area contributed by atoms with Gasteiger partial charge in [0, 0.05) is 31.4 Å². The van der Waals surface area contributed by atoms with Gasteiger partial charge in [-0.25, -0.2) is 0 Å². The van der Waals surface area contributed by atoms with E-state index in [9.17, 15) is 34.9 Å². The maximum Gasteiger partial charge on any atom is 0.303 e. The summed E-state index contributed by atoms with van der Waals surface area (Å²) in [7, 11) is 1.71. The molecule has 45 heavy (non-hydrogen) atoms. The van der Waals surface area contributed by atoms with E-state index in [1.807, 2.05) is 30.3 Å². The van der Waals surface area contributed by atoms with Crippen LogP contribution in [0.3, 0.4) is 0 Å². The van der Waals surface area contributed by atoms with Gasteiger partial charge < -0.3 is 34.6 Å². The maximum atomic E-state index is 13.6. The van der Waals surface area contributed by atoms with Gasteiger partial charge in [0.2, 0.25) is 6.29 Å². The number of rotatable bonds is 11. The van der Waals surface area contributed by atoms with E-state index in [2.05, 4.69) is 17.3 Å². The summed E-state index contributed by atoms with van der Waals surface area (Å²) in [5.41, 5.74) is 2.22. The molecule has 11 heteroatoms. The molecule has 2 aliphatic carbocycles. The van der Waals surface area contributed by atoms with E-state index in [0.29, 0.717) is 17.7 Å². The lowest BCUT2D eigenvalue weighted by molar-refractivity contribution is -0.297. The van der Waals surface area contributed by atoms with Crippen molar-refractivity contribution in [1.82, 2.24) is 0 Å². The zero-order chi connectivity index (χ0) is 32.1. The van der Waals surface area contributed by atoms with Gasteiger partial charge in [0.1, 0.15) is 23.7 Å². The highest BCUT2D eigenvalue weighted by Gasteiger charge is 2.46. The van der Waals surface area contributed by atoms with E-state index in [-0.39, 0.29) is 48.4 Å². The number of para-hydroxylation sites is 1. The van der Waals surface area contributed by atoms with E-state index in [4.69, 9.17) is 14.2 Å². The lowest BCUT2D eigenvalue weighted by Crippen LogP contribution is -2.58. The molecule has 0 amide bonds. The molecule has 0 bridgehead atoms. The molecule has 1 saturated heterocycles. The molecule has 1 heterocycles. The van der Waals surface area contributed by atoms with Crippen molar-refractivity contribution in [1.29, 1.82) is 0 Å². The van der Waals surface area contributed by atoms with Crippen LogP contribution in [0.15, 0.2) is 65.9 Å². The smallest absolute Gasteiger partial charge is 0.303 e. The first-order valence-electron chi connectivity index (χ1n) is 15.5. The van der Waals surface area contributed by atoms with Crippen LogP contribution in [-0.4, -0.2) is 76.2 Å². The molecule has 4 N–H and O–H groups in total. The first-order valence-corrected chi connectivity index (χ1v) is 15.5. The van der Waals surface area contributed by atoms with Crippen molar-refractivity contribution in [3.05, 3.63) is 71.2 Å². The minimum atomic E-state index is -1.76. The molecule has 10 atom stereocenters. The predicted molar refractivity (Wildman–Crippen MR) is 163 cm³/mol. The van der Waals surface area contributed by atoms with Gasteiger partial charge in [-0.05, 0) is 67.1 Å². The summed E-state index contributed by atoms with van der Waals surface area (Å²) in [6.07, 6.45) is 1.93. The standard InChI is InChI=1S/C34H41NO10/c1-43-27-13-12-23(18-25(27)22-9-5-7-20(15-22)17-29(37)38)26(36)16-19-6-4-8-21(14-19)24-10-2-3-11-28(24)44-34-32(40)30(35-42)31(39)33(41)45-34/h2-6,8-11,14,20,22-23,25,27,30-34,39-41H,7,12-13,15-18H2,1H3,(H,37,38). The van der Waals surface area contributed by atoms with E-state index in [1.165, 1.54) is 0 Å². The minimum Gasteiger partial charge on any atom is -0.481 e. The summed E-state index contributed by atoms with van der Waals surface area (Å²) < 4.78 is 16.9. The van der Waals surface area contributed by atoms with Gasteiger partial charge in [-0.2, -0.15) is 4.91 Å². The highest BCUT2D eigenvalue weighted by molar-refractivity contribution is 5.84. The van der Waals surface area contributed by atoms with Gasteiger partial charge in [-0.15, -0.1) is 0 Å². The van der Waals surface area contributed by atoms with Crippen molar-refractivity contribution in [3.63, 3.8) is 0 Å². The number of carboxylic acid groups (broad SMARTS) is 1. The van der Waals surface area contributed by atoms with Crippen molar-refractivity contribution in [2.24, 2.45) is 28.8 Å². The van der Waals surface area contributed by atoms with Crippen LogP contribution in [0, 0.1) is 28.6 Å². The Morgan fingerprint density at radius 3 is 2.58 bits per heavy atom. The summed E-state index contributed by atoms with van der Waals surface area (Å²) in [4.78, 5) is 36.1. The van der Waals surface area contributed by atoms with E-state index in [0.717, 1.165) is 36.8 Å². The van der Waals surface area contributed by atoms with Gasteiger partial charge >= 0.3 is 5.97 Å². The van der Waals surface area contributed by atoms with E-state index in [1.54, 1.807) is 25.3 Å². The van der Waals surface area contributed by atoms with Crippen molar-refractivity contribution in [2.45, 2.75) is 81.9 Å². The molecular formula is C34H41NO10. The molecule has 3 aliphatic rings. The quantitative estimate of drug-likeness (QED) is 0.213. The molecule has 11 nitrogen and oxygen atoms in total. The Morgan fingerprint density at radius 1 is 1.02 bits per heavy atom. The zero-order valence-electron chi connectivity index (χ0n) is 25.2. The number of allylic oxidation sites excluding steroid dienone is 2. The fraction of sp³-hybridized carbons (Fsp3) is 0.529. The van der Waals surface area contributed by atoms with Crippen molar-refractivity contribution < 1.29 is 44.2 Å². The number of hydrogen-bond acceptors (Lipinski definition) is 10. The Balaban J connectivity index is 1.28. The van der Waals surface area contributed by atoms with Crippen LogP contribution >= 0.6 is 0 Å².